The fraction of sp³-hybridized carbons (Fsp3) is 0.500. The molecule has 0 aliphatic carbocycles. The lowest BCUT2D eigenvalue weighted by Gasteiger charge is -2.12. The van der Waals surface area contributed by atoms with E-state index >= 15 is 0 Å². The van der Waals surface area contributed by atoms with Gasteiger partial charge in [0.2, 0.25) is 0 Å². The molecule has 2 heterocycles. The van der Waals surface area contributed by atoms with Crippen molar-refractivity contribution in [1.29, 1.82) is 0 Å². The predicted molar refractivity (Wildman–Crippen MR) is 80.8 cm³/mol. The molecule has 1 aliphatic heterocycles. The van der Waals surface area contributed by atoms with Crippen molar-refractivity contribution in [2.45, 2.75) is 25.8 Å². The first-order valence-corrected chi connectivity index (χ1v) is 9.06. The second kappa shape index (κ2) is 5.04. The number of hydrogen-bond acceptors (Lipinski definition) is 3. The lowest BCUT2D eigenvalue weighted by atomic mass is 10.1. The quantitative estimate of drug-likeness (QED) is 0.818. The number of benzene rings is 1. The van der Waals surface area contributed by atoms with Crippen LogP contribution in [0.25, 0.3) is 11.0 Å². The second-order valence-corrected chi connectivity index (χ2v) is 8.03. The molecule has 3 rings (SSSR count). The van der Waals surface area contributed by atoms with Gasteiger partial charge in [0.15, 0.2) is 9.84 Å². The van der Waals surface area contributed by atoms with E-state index in [-0.39, 0.29) is 11.7 Å². The Balaban J connectivity index is 1.99. The largest absolute Gasteiger partial charge is 0.327 e. The van der Waals surface area contributed by atoms with Crippen LogP contribution in [0.3, 0.4) is 0 Å². The van der Waals surface area contributed by atoms with Crippen molar-refractivity contribution in [1.82, 2.24) is 9.55 Å². The molecule has 1 saturated heterocycles. The third-order valence-electron chi connectivity index (χ3n) is 3.87. The van der Waals surface area contributed by atoms with Crippen LogP contribution in [0.5, 0.6) is 0 Å². The maximum Gasteiger partial charge on any atom is 0.150 e. The molecule has 1 unspecified atom stereocenters. The summed E-state index contributed by atoms with van der Waals surface area (Å²) in [5, 5.41) is 0. The summed E-state index contributed by atoms with van der Waals surface area (Å²) in [6, 6.07) is 6.10. The van der Waals surface area contributed by atoms with Crippen molar-refractivity contribution < 1.29 is 8.42 Å². The fourth-order valence-electron chi connectivity index (χ4n) is 2.86. The SMILES string of the molecule is Cc1ccc2nc(CCl)n(CC3CCS(=O)(=O)C3)c2c1. The monoisotopic (exact) mass is 312 g/mol. The van der Waals surface area contributed by atoms with Crippen LogP contribution in [-0.4, -0.2) is 29.5 Å². The van der Waals surface area contributed by atoms with Crippen LogP contribution in [0.1, 0.15) is 17.8 Å². The third-order valence-corrected chi connectivity index (χ3v) is 5.95. The van der Waals surface area contributed by atoms with E-state index in [9.17, 15) is 8.42 Å². The minimum atomic E-state index is -2.85. The molecule has 6 heteroatoms. The fourth-order valence-corrected chi connectivity index (χ4v) is 4.92. The van der Waals surface area contributed by atoms with Gasteiger partial charge in [0, 0.05) is 6.54 Å². The molecule has 0 radical (unpaired) electrons. The van der Waals surface area contributed by atoms with E-state index in [1.165, 1.54) is 5.56 Å². The molecule has 1 fully saturated rings. The summed E-state index contributed by atoms with van der Waals surface area (Å²) < 4.78 is 25.3. The molecule has 2 aromatic rings. The zero-order chi connectivity index (χ0) is 14.3. The van der Waals surface area contributed by atoms with Crippen molar-refractivity contribution in [3.05, 3.63) is 29.6 Å². The average molecular weight is 313 g/mol. The van der Waals surface area contributed by atoms with Gasteiger partial charge in [0.25, 0.3) is 0 Å². The number of sulfone groups is 1. The minimum Gasteiger partial charge on any atom is -0.327 e. The average Bonchev–Trinajstić information content (AvgIpc) is 2.91. The number of aromatic nitrogens is 2. The summed E-state index contributed by atoms with van der Waals surface area (Å²) >= 11 is 5.98. The van der Waals surface area contributed by atoms with E-state index in [0.717, 1.165) is 23.3 Å². The first-order chi connectivity index (χ1) is 9.48. The van der Waals surface area contributed by atoms with Crippen LogP contribution in [-0.2, 0) is 22.3 Å². The Labute approximate surface area is 123 Å². The molecule has 1 atom stereocenters. The number of alkyl halides is 1. The van der Waals surface area contributed by atoms with Crippen LogP contribution in [0.4, 0.5) is 0 Å². The van der Waals surface area contributed by atoms with Crippen molar-refractivity contribution >= 4 is 32.5 Å². The highest BCUT2D eigenvalue weighted by atomic mass is 35.5. The molecule has 1 aromatic heterocycles. The van der Waals surface area contributed by atoms with Crippen molar-refractivity contribution in [2.75, 3.05) is 11.5 Å². The number of rotatable bonds is 3. The van der Waals surface area contributed by atoms with Crippen molar-refractivity contribution in [3.8, 4) is 0 Å². The molecule has 0 saturated carbocycles. The Morgan fingerprint density at radius 2 is 2.25 bits per heavy atom. The number of imidazole rings is 1. The third kappa shape index (κ3) is 2.56. The van der Waals surface area contributed by atoms with Gasteiger partial charge in [-0.25, -0.2) is 13.4 Å². The van der Waals surface area contributed by atoms with Gasteiger partial charge in [-0.2, -0.15) is 0 Å². The summed E-state index contributed by atoms with van der Waals surface area (Å²) in [4.78, 5) is 4.53. The highest BCUT2D eigenvalue weighted by Crippen LogP contribution is 2.25. The van der Waals surface area contributed by atoms with Gasteiger partial charge in [-0.05, 0) is 37.0 Å². The van der Waals surface area contributed by atoms with E-state index < -0.39 is 9.84 Å². The van der Waals surface area contributed by atoms with E-state index in [0.29, 0.717) is 18.2 Å². The maximum absolute atomic E-state index is 11.6. The molecule has 1 aliphatic rings. The smallest absolute Gasteiger partial charge is 0.150 e. The van der Waals surface area contributed by atoms with E-state index in [1.54, 1.807) is 0 Å². The molecule has 0 amide bonds. The summed E-state index contributed by atoms with van der Waals surface area (Å²) in [6.07, 6.45) is 0.732. The lowest BCUT2D eigenvalue weighted by Crippen LogP contribution is -2.14. The van der Waals surface area contributed by atoms with E-state index in [4.69, 9.17) is 11.6 Å². The lowest BCUT2D eigenvalue weighted by molar-refractivity contribution is 0.490. The molecule has 108 valence electrons. The van der Waals surface area contributed by atoms with E-state index in [2.05, 4.69) is 15.6 Å². The Morgan fingerprint density at radius 1 is 1.45 bits per heavy atom. The van der Waals surface area contributed by atoms with Gasteiger partial charge < -0.3 is 4.57 Å². The van der Waals surface area contributed by atoms with Gasteiger partial charge in [-0.1, -0.05) is 6.07 Å². The Kier molecular flexibility index (Phi) is 3.50. The topological polar surface area (TPSA) is 52.0 Å². The van der Waals surface area contributed by atoms with Crippen LogP contribution in [0.2, 0.25) is 0 Å². The molecule has 1 aromatic carbocycles. The van der Waals surface area contributed by atoms with Gasteiger partial charge in [0.1, 0.15) is 5.82 Å². The van der Waals surface area contributed by atoms with Gasteiger partial charge >= 0.3 is 0 Å². The molecule has 4 nitrogen and oxygen atoms in total. The number of fused-ring (bicyclic) bond motifs is 1. The standard InChI is InChI=1S/C14H17ClN2O2S/c1-10-2-3-12-13(6-10)17(14(7-15)16-12)8-11-4-5-20(18,19)9-11/h2-3,6,11H,4-5,7-9H2,1H3. The summed E-state index contributed by atoms with van der Waals surface area (Å²) in [6.45, 7) is 2.72. The zero-order valence-electron chi connectivity index (χ0n) is 11.3. The molecule has 20 heavy (non-hydrogen) atoms. The van der Waals surface area contributed by atoms with Crippen LogP contribution in [0.15, 0.2) is 18.2 Å². The summed E-state index contributed by atoms with van der Waals surface area (Å²) in [7, 11) is -2.85. The molecule has 0 N–H and O–H groups in total. The molecular formula is C14H17ClN2O2S. The number of halogens is 1. The zero-order valence-corrected chi connectivity index (χ0v) is 12.9. The Bertz CT molecular complexity index is 752. The highest BCUT2D eigenvalue weighted by molar-refractivity contribution is 7.91. The maximum atomic E-state index is 11.6. The first kappa shape index (κ1) is 13.9. The summed E-state index contributed by atoms with van der Waals surface area (Å²) in [5.41, 5.74) is 3.14. The molecule has 0 spiro atoms. The second-order valence-electron chi connectivity index (χ2n) is 5.53. The Morgan fingerprint density at radius 3 is 2.90 bits per heavy atom. The Hall–Kier alpha value is -1.07. The molecule has 0 bridgehead atoms. The molecular weight excluding hydrogens is 296 g/mol. The van der Waals surface area contributed by atoms with Crippen LogP contribution >= 0.6 is 11.6 Å². The minimum absolute atomic E-state index is 0.167. The highest BCUT2D eigenvalue weighted by Gasteiger charge is 2.29. The van der Waals surface area contributed by atoms with Crippen molar-refractivity contribution in [3.63, 3.8) is 0 Å². The van der Waals surface area contributed by atoms with Gasteiger partial charge in [-0.3, -0.25) is 0 Å². The summed E-state index contributed by atoms with van der Waals surface area (Å²) in [5.74, 6) is 1.91. The number of aryl methyl sites for hydroxylation is 1. The van der Waals surface area contributed by atoms with Gasteiger partial charge in [-0.15, -0.1) is 11.6 Å². The number of hydrogen-bond donors (Lipinski definition) is 0. The van der Waals surface area contributed by atoms with Crippen molar-refractivity contribution in [2.24, 2.45) is 5.92 Å². The first-order valence-electron chi connectivity index (χ1n) is 6.70. The normalized spacial score (nSPS) is 21.6. The van der Waals surface area contributed by atoms with Gasteiger partial charge in [0.05, 0.1) is 28.4 Å². The predicted octanol–water partition coefficient (Wildman–Crippen LogP) is 2.52. The number of nitrogens with zero attached hydrogens (tertiary/aromatic N) is 2. The van der Waals surface area contributed by atoms with E-state index in [1.807, 2.05) is 19.1 Å². The van der Waals surface area contributed by atoms with Crippen LogP contribution in [0, 0.1) is 12.8 Å². The van der Waals surface area contributed by atoms with Crippen LogP contribution < -0.4 is 0 Å².